The van der Waals surface area contributed by atoms with E-state index in [1.807, 2.05) is 20.2 Å². The van der Waals surface area contributed by atoms with Gasteiger partial charge in [0.05, 0.1) is 13.3 Å². The maximum Gasteiger partial charge on any atom is 0.404 e. The molecule has 2 aromatic rings. The summed E-state index contributed by atoms with van der Waals surface area (Å²) < 4.78 is 62.3. The van der Waals surface area contributed by atoms with Crippen LogP contribution in [0, 0.1) is 18.7 Å². The van der Waals surface area contributed by atoms with Gasteiger partial charge >= 0.3 is 6.18 Å². The first-order valence-electron chi connectivity index (χ1n) is 14.0. The highest BCUT2D eigenvalue weighted by atomic mass is 19.4. The number of piperidine rings is 1. The Hall–Kier alpha value is -2.56. The van der Waals surface area contributed by atoms with Gasteiger partial charge in [0.15, 0.2) is 5.78 Å². The number of unbranched alkanes of at least 4 members (excludes halogenated alkanes) is 1. The lowest BCUT2D eigenvalue weighted by Crippen LogP contribution is -2.59. The van der Waals surface area contributed by atoms with Crippen molar-refractivity contribution < 1.29 is 27.1 Å². The molecule has 4 rings (SSSR count). The highest BCUT2D eigenvalue weighted by Gasteiger charge is 2.51. The standard InChI is InChI=1S/C30H40F4N4O2/c1-20-22(9-7-10-25(20)31)23-17-28(38-16-8-11-26(38)30(32,33)34)37(15-6-5-14-36(2)3)19-24(23)29(39)21-12-13-27(40-4)35-18-21/h7,9-10,12-13,18,23-24,26,28H,5-6,8,11,14-17,19H2,1-4H3/t23-,24-,26-,28?/m0/s1. The van der Waals surface area contributed by atoms with Gasteiger partial charge in [0.1, 0.15) is 11.9 Å². The number of methoxy groups -OCH3 is 1. The number of ether oxygens (including phenoxy) is 1. The van der Waals surface area contributed by atoms with Gasteiger partial charge in [-0.05, 0) is 95.4 Å². The number of halogens is 4. The maximum absolute atomic E-state index is 14.8. The van der Waals surface area contributed by atoms with Crippen LogP contribution in [-0.2, 0) is 0 Å². The molecule has 2 saturated heterocycles. The molecule has 6 nitrogen and oxygen atoms in total. The number of nitrogens with zero attached hydrogens (tertiary/aromatic N) is 4. The van der Waals surface area contributed by atoms with Gasteiger partial charge in [-0.15, -0.1) is 0 Å². The van der Waals surface area contributed by atoms with Gasteiger partial charge in [0.2, 0.25) is 5.88 Å². The number of carbonyl (C=O) groups excluding carboxylic acids is 1. The Kier molecular flexibility index (Phi) is 9.85. The van der Waals surface area contributed by atoms with Gasteiger partial charge in [-0.3, -0.25) is 14.6 Å². The molecule has 2 fully saturated rings. The fourth-order valence-corrected chi connectivity index (χ4v) is 6.36. The third-order valence-electron chi connectivity index (χ3n) is 8.43. The molecule has 40 heavy (non-hydrogen) atoms. The second-order valence-corrected chi connectivity index (χ2v) is 11.3. The number of carbonyl (C=O) groups is 1. The SMILES string of the molecule is COc1ccc(C(=O)[C@H]2CN(CCCCN(C)C)C(N3CCC[C@H]3C(F)(F)F)C[C@H]2c2cccc(F)c2C)cn1. The van der Waals surface area contributed by atoms with Crippen LogP contribution in [0.3, 0.4) is 0 Å². The normalized spacial score (nSPS) is 24.5. The fourth-order valence-electron chi connectivity index (χ4n) is 6.36. The van der Waals surface area contributed by atoms with Gasteiger partial charge in [-0.25, -0.2) is 9.37 Å². The molecular formula is C30H40F4N4O2. The average Bonchev–Trinajstić information content (AvgIpc) is 3.43. The summed E-state index contributed by atoms with van der Waals surface area (Å²) in [4.78, 5) is 23.9. The first-order valence-corrected chi connectivity index (χ1v) is 14.0. The maximum atomic E-state index is 14.8. The van der Waals surface area contributed by atoms with Crippen LogP contribution in [0.1, 0.15) is 59.5 Å². The Balaban J connectivity index is 1.72. The van der Waals surface area contributed by atoms with Crippen molar-refractivity contribution in [3.63, 3.8) is 0 Å². The fraction of sp³-hybridized carbons (Fsp3) is 0.600. The van der Waals surface area contributed by atoms with Gasteiger partial charge in [0.25, 0.3) is 0 Å². The van der Waals surface area contributed by atoms with Crippen LogP contribution < -0.4 is 4.74 Å². The predicted octanol–water partition coefficient (Wildman–Crippen LogP) is 5.52. The molecule has 0 bridgehead atoms. The van der Waals surface area contributed by atoms with Crippen LogP contribution >= 0.6 is 0 Å². The molecule has 2 aliphatic rings. The van der Waals surface area contributed by atoms with E-state index in [0.717, 1.165) is 19.4 Å². The zero-order chi connectivity index (χ0) is 29.0. The molecule has 2 aliphatic heterocycles. The van der Waals surface area contributed by atoms with Gasteiger partial charge in [-0.1, -0.05) is 12.1 Å². The van der Waals surface area contributed by atoms with E-state index in [0.29, 0.717) is 55.0 Å². The highest BCUT2D eigenvalue weighted by molar-refractivity contribution is 5.98. The number of hydrogen-bond donors (Lipinski definition) is 0. The number of pyridine rings is 1. The predicted molar refractivity (Wildman–Crippen MR) is 146 cm³/mol. The van der Waals surface area contributed by atoms with E-state index in [1.165, 1.54) is 19.4 Å². The molecule has 0 spiro atoms. The highest BCUT2D eigenvalue weighted by Crippen LogP contribution is 2.44. The molecule has 220 valence electrons. The number of aromatic nitrogens is 1. The molecule has 0 N–H and O–H groups in total. The molecule has 0 aliphatic carbocycles. The van der Waals surface area contributed by atoms with Crippen molar-refractivity contribution in [2.24, 2.45) is 5.92 Å². The lowest BCUT2D eigenvalue weighted by Gasteiger charge is -2.49. The Morgan fingerprint density at radius 2 is 1.95 bits per heavy atom. The van der Waals surface area contributed by atoms with Crippen LogP contribution in [0.15, 0.2) is 36.5 Å². The van der Waals surface area contributed by atoms with Crippen molar-refractivity contribution in [2.45, 2.75) is 63.3 Å². The van der Waals surface area contributed by atoms with Gasteiger partial charge in [-0.2, -0.15) is 13.2 Å². The van der Waals surface area contributed by atoms with E-state index in [9.17, 15) is 22.4 Å². The van der Waals surface area contributed by atoms with Crippen LogP contribution in [-0.4, -0.2) is 91.2 Å². The van der Waals surface area contributed by atoms with Gasteiger partial charge in [0, 0.05) is 36.8 Å². The van der Waals surface area contributed by atoms with E-state index in [2.05, 4.69) is 14.8 Å². The zero-order valence-electron chi connectivity index (χ0n) is 23.8. The number of alkyl halides is 3. The smallest absolute Gasteiger partial charge is 0.404 e. The topological polar surface area (TPSA) is 48.9 Å². The number of Topliss-reactive ketones (excluding diaryl/α,β-unsaturated/α-hetero) is 1. The molecule has 0 saturated carbocycles. The summed E-state index contributed by atoms with van der Waals surface area (Å²) in [7, 11) is 5.48. The lowest BCUT2D eigenvalue weighted by molar-refractivity contribution is -0.192. The van der Waals surface area contributed by atoms with E-state index in [1.54, 1.807) is 30.0 Å². The third-order valence-corrected chi connectivity index (χ3v) is 8.43. The quantitative estimate of drug-likeness (QED) is 0.215. The Morgan fingerprint density at radius 3 is 2.60 bits per heavy atom. The van der Waals surface area contributed by atoms with E-state index in [4.69, 9.17) is 4.74 Å². The van der Waals surface area contributed by atoms with E-state index in [-0.39, 0.29) is 18.0 Å². The summed E-state index contributed by atoms with van der Waals surface area (Å²) in [6.07, 6.45) is -0.816. The summed E-state index contributed by atoms with van der Waals surface area (Å²) >= 11 is 0. The van der Waals surface area contributed by atoms with Crippen LogP contribution in [0.4, 0.5) is 17.6 Å². The molecule has 4 atom stereocenters. The van der Waals surface area contributed by atoms with E-state index < -0.39 is 30.2 Å². The molecule has 0 radical (unpaired) electrons. The molecule has 0 amide bonds. The largest absolute Gasteiger partial charge is 0.481 e. The summed E-state index contributed by atoms with van der Waals surface area (Å²) in [6.45, 7) is 3.77. The monoisotopic (exact) mass is 564 g/mol. The summed E-state index contributed by atoms with van der Waals surface area (Å²) in [5.74, 6) is -1.15. The van der Waals surface area contributed by atoms with Gasteiger partial charge < -0.3 is 9.64 Å². The first-order chi connectivity index (χ1) is 19.0. The minimum absolute atomic E-state index is 0.0675. The van der Waals surface area contributed by atoms with Crippen molar-refractivity contribution in [1.82, 2.24) is 19.7 Å². The van der Waals surface area contributed by atoms with Crippen LogP contribution in [0.25, 0.3) is 0 Å². The molecule has 1 aromatic heterocycles. The summed E-state index contributed by atoms with van der Waals surface area (Å²) in [5, 5.41) is 0. The molecule has 3 heterocycles. The summed E-state index contributed by atoms with van der Waals surface area (Å²) in [5.41, 5.74) is 1.52. The number of rotatable bonds is 10. The Morgan fingerprint density at radius 1 is 1.18 bits per heavy atom. The number of hydrogen-bond acceptors (Lipinski definition) is 6. The van der Waals surface area contributed by atoms with Crippen molar-refractivity contribution >= 4 is 5.78 Å². The molecule has 1 unspecified atom stereocenters. The molecular weight excluding hydrogens is 524 g/mol. The number of likely N-dealkylation sites (tertiary alicyclic amines) is 2. The Labute approximate surface area is 234 Å². The minimum Gasteiger partial charge on any atom is -0.481 e. The van der Waals surface area contributed by atoms with Crippen molar-refractivity contribution in [1.29, 1.82) is 0 Å². The average molecular weight is 565 g/mol. The van der Waals surface area contributed by atoms with Crippen molar-refractivity contribution in [3.05, 3.63) is 59.0 Å². The van der Waals surface area contributed by atoms with Crippen molar-refractivity contribution in [3.8, 4) is 5.88 Å². The van der Waals surface area contributed by atoms with Crippen LogP contribution in [0.5, 0.6) is 5.88 Å². The second kappa shape index (κ2) is 13.0. The summed E-state index contributed by atoms with van der Waals surface area (Å²) in [6, 6.07) is 6.57. The second-order valence-electron chi connectivity index (χ2n) is 11.3. The Bertz CT molecular complexity index is 1140. The minimum atomic E-state index is -4.33. The molecule has 1 aromatic carbocycles. The molecule has 10 heteroatoms. The van der Waals surface area contributed by atoms with E-state index >= 15 is 0 Å². The zero-order valence-corrected chi connectivity index (χ0v) is 23.8. The number of benzene rings is 1. The van der Waals surface area contributed by atoms with Crippen molar-refractivity contribution in [2.75, 3.05) is 47.4 Å². The number of ketones is 1. The lowest BCUT2D eigenvalue weighted by atomic mass is 9.74. The third kappa shape index (κ3) is 6.83. The first kappa shape index (κ1) is 30.4. The van der Waals surface area contributed by atoms with Crippen LogP contribution in [0.2, 0.25) is 0 Å².